The molecule has 4 nitrogen and oxygen atoms in total. The largest absolute Gasteiger partial charge is 0.355 e. The Kier molecular flexibility index (Phi) is 8.00. The molecule has 2 aromatic carbocycles. The number of amides is 2. The number of nitrogens with one attached hydrogen (secondary N) is 1. The molecule has 2 amide bonds. The van der Waals surface area contributed by atoms with Crippen molar-refractivity contribution in [3.05, 3.63) is 70.0 Å². The van der Waals surface area contributed by atoms with Crippen molar-refractivity contribution in [2.24, 2.45) is 0 Å². The minimum Gasteiger partial charge on any atom is -0.355 e. The van der Waals surface area contributed by atoms with E-state index in [1.54, 1.807) is 6.07 Å². The highest BCUT2D eigenvalue weighted by atomic mass is 35.5. The highest BCUT2D eigenvalue weighted by Gasteiger charge is 2.29. The zero-order chi connectivity index (χ0) is 20.7. The number of carbonyl (C=O) groups excluding carboxylic acids is 2. The van der Waals surface area contributed by atoms with Crippen LogP contribution in [0.5, 0.6) is 0 Å². The number of rotatable bonds is 8. The van der Waals surface area contributed by atoms with Crippen molar-refractivity contribution in [3.63, 3.8) is 0 Å². The van der Waals surface area contributed by atoms with Crippen molar-refractivity contribution in [2.75, 3.05) is 6.54 Å². The summed E-state index contributed by atoms with van der Waals surface area (Å²) in [5.41, 5.74) is 2.11. The smallest absolute Gasteiger partial charge is 0.242 e. The molecule has 150 valence electrons. The molecule has 0 radical (unpaired) electrons. The summed E-state index contributed by atoms with van der Waals surface area (Å²) >= 11 is 6.10. The minimum absolute atomic E-state index is 0.148. The molecule has 28 heavy (non-hydrogen) atoms. The van der Waals surface area contributed by atoms with Crippen LogP contribution >= 0.6 is 11.6 Å². The van der Waals surface area contributed by atoms with Crippen LogP contribution in [0, 0.1) is 12.7 Å². The summed E-state index contributed by atoms with van der Waals surface area (Å²) in [7, 11) is 0. The molecule has 0 saturated heterocycles. The third kappa shape index (κ3) is 5.32. The van der Waals surface area contributed by atoms with Gasteiger partial charge in [-0.15, -0.1) is 0 Å². The normalized spacial score (nSPS) is 11.8. The first-order valence-corrected chi connectivity index (χ1v) is 9.81. The van der Waals surface area contributed by atoms with Crippen molar-refractivity contribution in [2.45, 2.75) is 46.2 Å². The van der Waals surface area contributed by atoms with Crippen molar-refractivity contribution in [1.82, 2.24) is 10.2 Å². The Morgan fingerprint density at radius 2 is 1.86 bits per heavy atom. The van der Waals surface area contributed by atoms with Crippen molar-refractivity contribution >= 4 is 23.4 Å². The fourth-order valence-corrected chi connectivity index (χ4v) is 3.37. The van der Waals surface area contributed by atoms with Gasteiger partial charge in [-0.05, 0) is 43.5 Å². The number of nitrogens with zero attached hydrogens (tertiary/aromatic N) is 1. The predicted octanol–water partition coefficient (Wildman–Crippen LogP) is 4.27. The lowest BCUT2D eigenvalue weighted by molar-refractivity contribution is -0.140. The molecule has 2 aromatic rings. The van der Waals surface area contributed by atoms with Gasteiger partial charge < -0.3 is 10.2 Å². The second-order valence-electron chi connectivity index (χ2n) is 6.64. The van der Waals surface area contributed by atoms with E-state index in [0.717, 1.165) is 11.1 Å². The molecular weight excluding hydrogens is 379 g/mol. The van der Waals surface area contributed by atoms with Gasteiger partial charge >= 0.3 is 0 Å². The van der Waals surface area contributed by atoms with Gasteiger partial charge in [-0.1, -0.05) is 48.9 Å². The van der Waals surface area contributed by atoms with E-state index >= 15 is 0 Å². The Balaban J connectivity index is 2.37. The van der Waals surface area contributed by atoms with Crippen LogP contribution in [-0.4, -0.2) is 29.3 Å². The summed E-state index contributed by atoms with van der Waals surface area (Å²) in [6.45, 7) is 6.39. The molecule has 1 N–H and O–H groups in total. The Hall–Kier alpha value is -2.40. The van der Waals surface area contributed by atoms with Gasteiger partial charge in [0.2, 0.25) is 11.8 Å². The highest BCUT2D eigenvalue weighted by Crippen LogP contribution is 2.22. The zero-order valence-electron chi connectivity index (χ0n) is 16.5. The molecule has 0 heterocycles. The average Bonchev–Trinajstić information content (AvgIpc) is 2.66. The molecule has 2 rings (SSSR count). The standard InChI is InChI=1S/C22H26ClFN2O2/c1-4-20(22(28)25-5-2)26(14-16-10-7-6-9-15(16)3)21(27)13-17-18(23)11-8-12-19(17)24/h6-12,20H,4-5,13-14H2,1-3H3,(H,25,28)/t20-/m1/s1. The first kappa shape index (κ1) is 21.9. The second-order valence-corrected chi connectivity index (χ2v) is 7.05. The minimum atomic E-state index is -0.641. The van der Waals surface area contributed by atoms with Crippen LogP contribution in [0.4, 0.5) is 4.39 Å². The number of aryl methyl sites for hydroxylation is 1. The molecule has 0 aliphatic rings. The third-order valence-corrected chi connectivity index (χ3v) is 5.08. The molecule has 0 aliphatic heterocycles. The van der Waals surface area contributed by atoms with Gasteiger partial charge in [0.05, 0.1) is 6.42 Å². The summed E-state index contributed by atoms with van der Waals surface area (Å²) in [5, 5.41) is 2.99. The molecule has 0 bridgehead atoms. The van der Waals surface area contributed by atoms with Crippen molar-refractivity contribution in [3.8, 4) is 0 Å². The average molecular weight is 405 g/mol. The first-order valence-electron chi connectivity index (χ1n) is 9.43. The SMILES string of the molecule is CCNC(=O)[C@@H](CC)N(Cc1ccccc1C)C(=O)Cc1c(F)cccc1Cl. The molecule has 1 atom stereocenters. The maximum atomic E-state index is 14.2. The highest BCUT2D eigenvalue weighted by molar-refractivity contribution is 6.31. The fraction of sp³-hybridized carbons (Fsp3) is 0.364. The van der Waals surface area contributed by atoms with Crippen LogP contribution < -0.4 is 5.32 Å². The summed E-state index contributed by atoms with van der Waals surface area (Å²) < 4.78 is 14.2. The predicted molar refractivity (Wildman–Crippen MR) is 110 cm³/mol. The summed E-state index contributed by atoms with van der Waals surface area (Å²) in [5.74, 6) is -1.08. The van der Waals surface area contributed by atoms with Crippen LogP contribution in [0.25, 0.3) is 0 Å². The molecular formula is C22H26ClFN2O2. The van der Waals surface area contributed by atoms with Gasteiger partial charge in [0, 0.05) is 23.7 Å². The molecule has 0 fully saturated rings. The van der Waals surface area contributed by atoms with Crippen LogP contribution in [0.1, 0.15) is 37.0 Å². The number of halogens is 2. The molecule has 0 saturated carbocycles. The lowest BCUT2D eigenvalue weighted by Crippen LogP contribution is -2.49. The number of hydrogen-bond acceptors (Lipinski definition) is 2. The molecule has 0 unspecified atom stereocenters. The van der Waals surface area contributed by atoms with E-state index in [4.69, 9.17) is 11.6 Å². The fourth-order valence-electron chi connectivity index (χ4n) is 3.14. The van der Waals surface area contributed by atoms with E-state index in [0.29, 0.717) is 13.0 Å². The van der Waals surface area contributed by atoms with Gasteiger partial charge in [-0.3, -0.25) is 9.59 Å². The van der Waals surface area contributed by atoms with Gasteiger partial charge in [0.25, 0.3) is 0 Å². The topological polar surface area (TPSA) is 49.4 Å². The van der Waals surface area contributed by atoms with Crippen LogP contribution in [0.3, 0.4) is 0 Å². The Labute approximate surface area is 170 Å². The van der Waals surface area contributed by atoms with Crippen LogP contribution in [0.15, 0.2) is 42.5 Å². The molecule has 0 spiro atoms. The maximum absolute atomic E-state index is 14.2. The van der Waals surface area contributed by atoms with Crippen LogP contribution in [0.2, 0.25) is 5.02 Å². The lowest BCUT2D eigenvalue weighted by Gasteiger charge is -2.31. The summed E-state index contributed by atoms with van der Waals surface area (Å²) in [4.78, 5) is 27.3. The number of likely N-dealkylation sites (N-methyl/N-ethyl adjacent to an activating group) is 1. The Morgan fingerprint density at radius 1 is 1.14 bits per heavy atom. The van der Waals surface area contributed by atoms with E-state index in [9.17, 15) is 14.0 Å². The van der Waals surface area contributed by atoms with Gasteiger partial charge in [0.15, 0.2) is 0 Å². The lowest BCUT2D eigenvalue weighted by atomic mass is 10.0. The molecule has 6 heteroatoms. The van der Waals surface area contributed by atoms with E-state index in [1.807, 2.05) is 45.0 Å². The van der Waals surface area contributed by atoms with Gasteiger partial charge in [-0.2, -0.15) is 0 Å². The van der Waals surface area contributed by atoms with E-state index in [2.05, 4.69) is 5.32 Å². The Morgan fingerprint density at radius 3 is 2.46 bits per heavy atom. The summed E-state index contributed by atoms with van der Waals surface area (Å²) in [6.07, 6.45) is 0.252. The quantitative estimate of drug-likeness (QED) is 0.714. The van der Waals surface area contributed by atoms with E-state index in [1.165, 1.54) is 17.0 Å². The first-order chi connectivity index (χ1) is 13.4. The monoisotopic (exact) mass is 404 g/mol. The second kappa shape index (κ2) is 10.2. The molecule has 0 aromatic heterocycles. The zero-order valence-corrected chi connectivity index (χ0v) is 17.2. The number of benzene rings is 2. The van der Waals surface area contributed by atoms with Crippen LogP contribution in [-0.2, 0) is 22.6 Å². The van der Waals surface area contributed by atoms with Crippen molar-refractivity contribution in [1.29, 1.82) is 0 Å². The maximum Gasteiger partial charge on any atom is 0.242 e. The van der Waals surface area contributed by atoms with Crippen molar-refractivity contribution < 1.29 is 14.0 Å². The Bertz CT molecular complexity index is 821. The van der Waals surface area contributed by atoms with E-state index in [-0.39, 0.29) is 35.4 Å². The van der Waals surface area contributed by atoms with Gasteiger partial charge in [-0.25, -0.2) is 4.39 Å². The third-order valence-electron chi connectivity index (χ3n) is 4.73. The number of hydrogen-bond donors (Lipinski definition) is 1. The molecule has 0 aliphatic carbocycles. The van der Waals surface area contributed by atoms with E-state index < -0.39 is 11.9 Å². The summed E-state index contributed by atoms with van der Waals surface area (Å²) in [6, 6.07) is 11.4. The number of carbonyl (C=O) groups is 2. The van der Waals surface area contributed by atoms with Gasteiger partial charge in [0.1, 0.15) is 11.9 Å².